The predicted molar refractivity (Wildman–Crippen MR) is 120 cm³/mol. The van der Waals surface area contributed by atoms with Gasteiger partial charge in [-0.25, -0.2) is 4.98 Å². The highest BCUT2D eigenvalue weighted by atomic mass is 16.3. The molecule has 7 nitrogen and oxygen atoms in total. The van der Waals surface area contributed by atoms with Crippen LogP contribution >= 0.6 is 0 Å². The van der Waals surface area contributed by atoms with Gasteiger partial charge in [-0.1, -0.05) is 12.1 Å². The number of imidazole rings is 1. The van der Waals surface area contributed by atoms with Crippen LogP contribution in [0.15, 0.2) is 55.2 Å². The molecule has 2 saturated heterocycles. The normalized spacial score (nSPS) is 22.2. The van der Waals surface area contributed by atoms with E-state index in [1.165, 1.54) is 11.3 Å². The Bertz CT molecular complexity index is 972. The monoisotopic (exact) mass is 420 g/mol. The lowest BCUT2D eigenvalue weighted by Gasteiger charge is -2.49. The van der Waals surface area contributed by atoms with Crippen molar-refractivity contribution in [3.05, 3.63) is 66.5 Å². The van der Waals surface area contributed by atoms with Crippen LogP contribution in [0.25, 0.3) is 5.69 Å². The number of hydrogen-bond acceptors (Lipinski definition) is 5. The number of piperidine rings is 2. The van der Waals surface area contributed by atoms with Crippen LogP contribution in [0.5, 0.6) is 0 Å². The van der Waals surface area contributed by atoms with Gasteiger partial charge in [-0.15, -0.1) is 0 Å². The van der Waals surface area contributed by atoms with Crippen molar-refractivity contribution in [2.24, 2.45) is 12.5 Å². The van der Waals surface area contributed by atoms with Crippen molar-refractivity contribution in [2.75, 3.05) is 26.2 Å². The zero-order valence-corrected chi connectivity index (χ0v) is 18.3. The number of nitrogens with zero attached hydrogens (tertiary/aromatic N) is 6. The van der Waals surface area contributed by atoms with E-state index in [1.54, 1.807) is 6.20 Å². The summed E-state index contributed by atoms with van der Waals surface area (Å²) in [6, 6.07) is 10.8. The number of likely N-dealkylation sites (tertiary alicyclic amines) is 2. The van der Waals surface area contributed by atoms with Crippen molar-refractivity contribution >= 4 is 0 Å². The van der Waals surface area contributed by atoms with E-state index in [0.29, 0.717) is 0 Å². The summed E-state index contributed by atoms with van der Waals surface area (Å²) in [7, 11) is 1.99. The number of aliphatic hydroxyl groups excluding tert-OH is 1. The van der Waals surface area contributed by atoms with Gasteiger partial charge in [0, 0.05) is 57.5 Å². The Hall–Kier alpha value is -2.48. The highest BCUT2D eigenvalue weighted by Gasteiger charge is 2.41. The van der Waals surface area contributed by atoms with Crippen LogP contribution in [-0.4, -0.2) is 66.5 Å². The fourth-order valence-electron chi connectivity index (χ4n) is 5.36. The summed E-state index contributed by atoms with van der Waals surface area (Å²) >= 11 is 0. The van der Waals surface area contributed by atoms with E-state index in [1.807, 2.05) is 35.0 Å². The Morgan fingerprint density at radius 2 is 1.84 bits per heavy atom. The van der Waals surface area contributed by atoms with Gasteiger partial charge in [0.25, 0.3) is 0 Å². The van der Waals surface area contributed by atoms with Crippen molar-refractivity contribution in [2.45, 2.75) is 38.5 Å². The molecule has 1 aromatic carbocycles. The van der Waals surface area contributed by atoms with Gasteiger partial charge in [0.15, 0.2) is 0 Å². The minimum absolute atomic E-state index is 0.232. The summed E-state index contributed by atoms with van der Waals surface area (Å²) in [5, 5.41) is 14.9. The number of benzene rings is 1. The van der Waals surface area contributed by atoms with Crippen LogP contribution in [0.3, 0.4) is 0 Å². The summed E-state index contributed by atoms with van der Waals surface area (Å²) in [6.45, 7) is 5.87. The molecule has 3 aromatic rings. The van der Waals surface area contributed by atoms with E-state index in [2.05, 4.69) is 50.2 Å². The maximum atomic E-state index is 10.6. The standard InChI is InChI=1S/C24H32N6O/c1-27-22(6-9-26-27)16-29-17-23(31)14-24(18-29)7-11-28(12-8-24)15-20-2-4-21(5-3-20)30-13-10-25-19-30/h2-6,9-10,13,19,23,31H,7-8,11-12,14-18H2,1H3. The van der Waals surface area contributed by atoms with E-state index < -0.39 is 0 Å². The largest absolute Gasteiger partial charge is 0.392 e. The van der Waals surface area contributed by atoms with Gasteiger partial charge in [0.05, 0.1) is 18.1 Å². The molecule has 1 atom stereocenters. The minimum atomic E-state index is -0.232. The van der Waals surface area contributed by atoms with Gasteiger partial charge in [0.1, 0.15) is 0 Å². The average Bonchev–Trinajstić information content (AvgIpc) is 3.43. The second-order valence-electron chi connectivity index (χ2n) is 9.39. The average molecular weight is 421 g/mol. The van der Waals surface area contributed by atoms with E-state index in [-0.39, 0.29) is 11.5 Å². The molecular formula is C24H32N6O. The fourth-order valence-corrected chi connectivity index (χ4v) is 5.36. The predicted octanol–water partition coefficient (Wildman–Crippen LogP) is 2.45. The van der Waals surface area contributed by atoms with Gasteiger partial charge >= 0.3 is 0 Å². The molecule has 1 spiro atoms. The zero-order chi connectivity index (χ0) is 21.3. The number of hydrogen-bond donors (Lipinski definition) is 1. The molecule has 0 aliphatic carbocycles. The van der Waals surface area contributed by atoms with Crippen molar-refractivity contribution in [1.82, 2.24) is 29.1 Å². The number of rotatable bonds is 5. The van der Waals surface area contributed by atoms with E-state index >= 15 is 0 Å². The molecular weight excluding hydrogens is 388 g/mol. The first-order valence-corrected chi connectivity index (χ1v) is 11.3. The molecule has 2 aliphatic rings. The third-order valence-electron chi connectivity index (χ3n) is 7.07. The number of aryl methyl sites for hydroxylation is 1. The van der Waals surface area contributed by atoms with Gasteiger partial charge < -0.3 is 9.67 Å². The molecule has 0 amide bonds. The first-order chi connectivity index (χ1) is 15.1. The van der Waals surface area contributed by atoms with Crippen LogP contribution < -0.4 is 0 Å². The van der Waals surface area contributed by atoms with Crippen LogP contribution in [0.2, 0.25) is 0 Å². The van der Waals surface area contributed by atoms with Gasteiger partial charge in [-0.3, -0.25) is 14.5 Å². The van der Waals surface area contributed by atoms with Crippen molar-refractivity contribution in [3.8, 4) is 5.69 Å². The molecule has 4 heterocycles. The number of β-amino-alcohol motifs (C(OH)–C–C–N with tert-alkyl or cyclic N) is 1. The minimum Gasteiger partial charge on any atom is -0.392 e. The number of aromatic nitrogens is 4. The molecule has 0 bridgehead atoms. The molecule has 2 aliphatic heterocycles. The smallest absolute Gasteiger partial charge is 0.0991 e. The third-order valence-corrected chi connectivity index (χ3v) is 7.07. The summed E-state index contributed by atoms with van der Waals surface area (Å²) in [4.78, 5) is 9.11. The summed E-state index contributed by atoms with van der Waals surface area (Å²) in [5.41, 5.74) is 3.93. The second-order valence-corrected chi connectivity index (χ2v) is 9.39. The zero-order valence-electron chi connectivity index (χ0n) is 18.3. The van der Waals surface area contributed by atoms with Crippen molar-refractivity contribution < 1.29 is 5.11 Å². The quantitative estimate of drug-likeness (QED) is 0.687. The maximum Gasteiger partial charge on any atom is 0.0991 e. The third kappa shape index (κ3) is 4.59. The van der Waals surface area contributed by atoms with Gasteiger partial charge in [-0.05, 0) is 61.5 Å². The fraction of sp³-hybridized carbons (Fsp3) is 0.500. The highest BCUT2D eigenvalue weighted by molar-refractivity contribution is 5.34. The molecule has 31 heavy (non-hydrogen) atoms. The molecule has 164 valence electrons. The lowest BCUT2D eigenvalue weighted by Crippen LogP contribution is -2.53. The van der Waals surface area contributed by atoms with Gasteiger partial charge in [0.2, 0.25) is 0 Å². The maximum absolute atomic E-state index is 10.6. The number of aliphatic hydroxyl groups is 1. The van der Waals surface area contributed by atoms with Crippen LogP contribution in [0, 0.1) is 5.41 Å². The van der Waals surface area contributed by atoms with Crippen LogP contribution in [0.1, 0.15) is 30.5 Å². The molecule has 2 fully saturated rings. The molecule has 0 saturated carbocycles. The Morgan fingerprint density at radius 3 is 2.52 bits per heavy atom. The molecule has 5 rings (SSSR count). The SMILES string of the molecule is Cn1nccc1CN1CC(O)CC2(CCN(Cc3ccc(-n4ccnc4)cc3)CC2)C1. The molecule has 0 radical (unpaired) electrons. The lowest BCUT2D eigenvalue weighted by molar-refractivity contribution is -0.0453. The highest BCUT2D eigenvalue weighted by Crippen LogP contribution is 2.40. The lowest BCUT2D eigenvalue weighted by atomic mass is 9.71. The Morgan fingerprint density at radius 1 is 1.03 bits per heavy atom. The Kier molecular flexibility index (Phi) is 5.65. The van der Waals surface area contributed by atoms with Gasteiger partial charge in [-0.2, -0.15) is 5.10 Å². The van der Waals surface area contributed by atoms with Crippen molar-refractivity contribution in [1.29, 1.82) is 0 Å². The summed E-state index contributed by atoms with van der Waals surface area (Å²) < 4.78 is 3.97. The second kappa shape index (κ2) is 8.57. The molecule has 2 aromatic heterocycles. The first-order valence-electron chi connectivity index (χ1n) is 11.3. The topological polar surface area (TPSA) is 62.4 Å². The van der Waals surface area contributed by atoms with Crippen LogP contribution in [0.4, 0.5) is 0 Å². The van der Waals surface area contributed by atoms with E-state index in [9.17, 15) is 5.11 Å². The Labute approximate surface area is 183 Å². The summed E-state index contributed by atoms with van der Waals surface area (Å²) in [6.07, 6.45) is 10.5. The van der Waals surface area contributed by atoms with Crippen LogP contribution in [-0.2, 0) is 20.1 Å². The van der Waals surface area contributed by atoms with E-state index in [4.69, 9.17) is 0 Å². The first kappa shape index (κ1) is 20.4. The molecule has 7 heteroatoms. The summed E-state index contributed by atoms with van der Waals surface area (Å²) in [5.74, 6) is 0. The Balaban J connectivity index is 1.18. The molecule has 1 unspecified atom stereocenters. The van der Waals surface area contributed by atoms with Crippen molar-refractivity contribution in [3.63, 3.8) is 0 Å². The molecule has 1 N–H and O–H groups in total. The van der Waals surface area contributed by atoms with E-state index in [0.717, 1.165) is 64.2 Å².